The maximum absolute atomic E-state index is 13.8. The van der Waals surface area contributed by atoms with Gasteiger partial charge in [0.1, 0.15) is 5.75 Å². The molecule has 2 heterocycles. The standard InChI is InChI=1S/C26H38N4O4/c1-27(2)11-16-30-24(32)19-26(25(30)33,20-7-6-10-22(17-20)34-3)18-23(31)29-14-12-28(13-15-29)21-8-4-5-9-21/h6-7,10,17,21H,4-5,8-9,11-16,18-19H2,1-3H3/t26-/m0/s1. The zero-order valence-electron chi connectivity index (χ0n) is 20.8. The summed E-state index contributed by atoms with van der Waals surface area (Å²) in [6.07, 6.45) is 5.13. The molecule has 34 heavy (non-hydrogen) atoms. The van der Waals surface area contributed by atoms with Gasteiger partial charge in [0.25, 0.3) is 0 Å². The molecular formula is C26H38N4O4. The molecule has 1 aromatic carbocycles. The van der Waals surface area contributed by atoms with Crippen molar-refractivity contribution < 1.29 is 19.1 Å². The van der Waals surface area contributed by atoms with E-state index in [4.69, 9.17) is 4.74 Å². The number of likely N-dealkylation sites (N-methyl/N-ethyl adjacent to an activating group) is 1. The third-order valence-electron chi connectivity index (χ3n) is 7.76. The molecule has 3 aliphatic rings. The number of methoxy groups -OCH3 is 1. The Hall–Kier alpha value is -2.45. The van der Waals surface area contributed by atoms with Gasteiger partial charge >= 0.3 is 0 Å². The molecule has 2 saturated heterocycles. The molecule has 0 unspecified atom stereocenters. The summed E-state index contributed by atoms with van der Waals surface area (Å²) < 4.78 is 5.39. The van der Waals surface area contributed by atoms with Gasteiger partial charge in [0.2, 0.25) is 17.7 Å². The second-order valence-corrected chi connectivity index (χ2v) is 10.2. The number of carbonyl (C=O) groups excluding carboxylic acids is 3. The summed E-state index contributed by atoms with van der Waals surface area (Å²) in [6.45, 7) is 4.02. The lowest BCUT2D eigenvalue weighted by atomic mass is 9.75. The molecule has 0 aromatic heterocycles. The number of ether oxygens (including phenoxy) is 1. The minimum atomic E-state index is -1.18. The van der Waals surface area contributed by atoms with E-state index in [1.165, 1.54) is 30.6 Å². The highest BCUT2D eigenvalue weighted by Crippen LogP contribution is 2.41. The molecule has 3 fully saturated rings. The van der Waals surface area contributed by atoms with Gasteiger partial charge in [0.05, 0.1) is 12.5 Å². The molecule has 1 saturated carbocycles. The maximum atomic E-state index is 13.8. The van der Waals surface area contributed by atoms with E-state index in [0.29, 0.717) is 43.5 Å². The quantitative estimate of drug-likeness (QED) is 0.539. The number of carbonyl (C=O) groups is 3. The van der Waals surface area contributed by atoms with Crippen LogP contribution in [-0.2, 0) is 19.8 Å². The molecule has 1 atom stereocenters. The van der Waals surface area contributed by atoms with Crippen molar-refractivity contribution in [3.8, 4) is 5.75 Å². The van der Waals surface area contributed by atoms with Crippen LogP contribution in [0.1, 0.15) is 44.1 Å². The van der Waals surface area contributed by atoms with E-state index in [-0.39, 0.29) is 30.6 Å². The molecule has 4 rings (SSSR count). The number of amides is 3. The van der Waals surface area contributed by atoms with E-state index in [2.05, 4.69) is 4.90 Å². The fourth-order valence-corrected chi connectivity index (χ4v) is 5.69. The SMILES string of the molecule is COc1cccc([C@]2(CC(=O)N3CCN(C4CCCC4)CC3)CC(=O)N(CCN(C)C)C2=O)c1. The summed E-state index contributed by atoms with van der Waals surface area (Å²) in [6, 6.07) is 7.92. The summed E-state index contributed by atoms with van der Waals surface area (Å²) >= 11 is 0. The van der Waals surface area contributed by atoms with Gasteiger partial charge in [-0.15, -0.1) is 0 Å². The predicted octanol–water partition coefficient (Wildman–Crippen LogP) is 1.73. The summed E-state index contributed by atoms with van der Waals surface area (Å²) in [4.78, 5) is 48.0. The van der Waals surface area contributed by atoms with Crippen molar-refractivity contribution in [2.75, 3.05) is 60.5 Å². The van der Waals surface area contributed by atoms with Gasteiger partial charge in [-0.1, -0.05) is 25.0 Å². The third kappa shape index (κ3) is 4.98. The largest absolute Gasteiger partial charge is 0.497 e. The number of hydrogen-bond acceptors (Lipinski definition) is 6. The lowest BCUT2D eigenvalue weighted by Crippen LogP contribution is -2.53. The van der Waals surface area contributed by atoms with Crippen molar-refractivity contribution in [2.24, 2.45) is 0 Å². The van der Waals surface area contributed by atoms with Crippen molar-refractivity contribution in [3.05, 3.63) is 29.8 Å². The molecule has 1 aliphatic carbocycles. The van der Waals surface area contributed by atoms with Gasteiger partial charge in [-0.05, 0) is 44.6 Å². The number of likely N-dealkylation sites (tertiary alicyclic amines) is 1. The number of nitrogens with zero attached hydrogens (tertiary/aromatic N) is 4. The van der Waals surface area contributed by atoms with Crippen molar-refractivity contribution >= 4 is 17.7 Å². The van der Waals surface area contributed by atoms with Gasteiger partial charge in [-0.2, -0.15) is 0 Å². The first-order chi connectivity index (χ1) is 16.3. The van der Waals surface area contributed by atoms with Crippen molar-refractivity contribution in [1.29, 1.82) is 0 Å². The first-order valence-corrected chi connectivity index (χ1v) is 12.5. The molecule has 0 N–H and O–H groups in total. The molecule has 8 nitrogen and oxygen atoms in total. The van der Waals surface area contributed by atoms with Gasteiger partial charge in [-0.25, -0.2) is 0 Å². The van der Waals surface area contributed by atoms with Crippen LogP contribution in [0, 0.1) is 0 Å². The topological polar surface area (TPSA) is 73.4 Å². The zero-order valence-corrected chi connectivity index (χ0v) is 20.8. The number of imide groups is 1. The van der Waals surface area contributed by atoms with Gasteiger partial charge in [0.15, 0.2) is 0 Å². The Morgan fingerprint density at radius 3 is 2.47 bits per heavy atom. The van der Waals surface area contributed by atoms with E-state index in [9.17, 15) is 14.4 Å². The van der Waals surface area contributed by atoms with Crippen LogP contribution < -0.4 is 4.74 Å². The Bertz CT molecular complexity index is 906. The fraction of sp³-hybridized carbons (Fsp3) is 0.654. The Morgan fingerprint density at radius 1 is 1.12 bits per heavy atom. The molecule has 186 valence electrons. The number of piperazine rings is 1. The Labute approximate surface area is 202 Å². The maximum Gasteiger partial charge on any atom is 0.240 e. The van der Waals surface area contributed by atoms with E-state index < -0.39 is 5.41 Å². The smallest absolute Gasteiger partial charge is 0.240 e. The number of hydrogen-bond donors (Lipinski definition) is 0. The van der Waals surface area contributed by atoms with Crippen LogP contribution in [0.15, 0.2) is 24.3 Å². The zero-order chi connectivity index (χ0) is 24.3. The van der Waals surface area contributed by atoms with Gasteiger partial charge < -0.3 is 14.5 Å². The van der Waals surface area contributed by atoms with E-state index in [0.717, 1.165) is 13.1 Å². The summed E-state index contributed by atoms with van der Waals surface area (Å²) in [7, 11) is 5.40. The average Bonchev–Trinajstić information content (AvgIpc) is 3.45. The van der Waals surface area contributed by atoms with E-state index in [1.807, 2.05) is 42.1 Å². The highest BCUT2D eigenvalue weighted by molar-refractivity contribution is 6.10. The van der Waals surface area contributed by atoms with Crippen LogP contribution >= 0.6 is 0 Å². The monoisotopic (exact) mass is 470 g/mol. The fourth-order valence-electron chi connectivity index (χ4n) is 5.69. The molecule has 0 spiro atoms. The first kappa shape index (κ1) is 24.7. The van der Waals surface area contributed by atoms with Gasteiger partial charge in [-0.3, -0.25) is 24.2 Å². The molecular weight excluding hydrogens is 432 g/mol. The highest BCUT2D eigenvalue weighted by atomic mass is 16.5. The summed E-state index contributed by atoms with van der Waals surface area (Å²) in [5.74, 6) is 0.0741. The number of rotatable bonds is 8. The van der Waals surface area contributed by atoms with Crippen molar-refractivity contribution in [2.45, 2.75) is 50.0 Å². The predicted molar refractivity (Wildman–Crippen MR) is 130 cm³/mol. The second kappa shape index (κ2) is 10.4. The minimum absolute atomic E-state index is 0.00658. The van der Waals surface area contributed by atoms with E-state index in [1.54, 1.807) is 13.2 Å². The summed E-state index contributed by atoms with van der Waals surface area (Å²) in [5, 5.41) is 0. The van der Waals surface area contributed by atoms with E-state index >= 15 is 0 Å². The molecule has 3 amide bonds. The Morgan fingerprint density at radius 2 is 1.82 bits per heavy atom. The normalized spacial score (nSPS) is 24.5. The first-order valence-electron chi connectivity index (χ1n) is 12.5. The van der Waals surface area contributed by atoms with Crippen LogP contribution in [-0.4, -0.2) is 104 Å². The lowest BCUT2D eigenvalue weighted by Gasteiger charge is -2.39. The van der Waals surface area contributed by atoms with Crippen LogP contribution in [0.25, 0.3) is 0 Å². The second-order valence-electron chi connectivity index (χ2n) is 10.2. The lowest BCUT2D eigenvalue weighted by molar-refractivity contribution is -0.143. The van der Waals surface area contributed by atoms with Crippen molar-refractivity contribution in [3.63, 3.8) is 0 Å². The number of benzene rings is 1. The molecule has 8 heteroatoms. The summed E-state index contributed by atoms with van der Waals surface area (Å²) in [5.41, 5.74) is -0.507. The van der Waals surface area contributed by atoms with Crippen LogP contribution in [0.4, 0.5) is 0 Å². The molecule has 0 bridgehead atoms. The van der Waals surface area contributed by atoms with Crippen LogP contribution in [0.3, 0.4) is 0 Å². The van der Waals surface area contributed by atoms with Gasteiger partial charge in [0, 0.05) is 58.2 Å². The van der Waals surface area contributed by atoms with Crippen LogP contribution in [0.2, 0.25) is 0 Å². The molecule has 2 aliphatic heterocycles. The molecule has 0 radical (unpaired) electrons. The van der Waals surface area contributed by atoms with Crippen LogP contribution in [0.5, 0.6) is 5.75 Å². The van der Waals surface area contributed by atoms with Crippen molar-refractivity contribution in [1.82, 2.24) is 19.6 Å². The molecule has 1 aromatic rings. The highest BCUT2D eigenvalue weighted by Gasteiger charge is 2.54. The Balaban J connectivity index is 1.54. The third-order valence-corrected chi connectivity index (χ3v) is 7.76. The Kier molecular flexibility index (Phi) is 7.57. The minimum Gasteiger partial charge on any atom is -0.497 e. The average molecular weight is 471 g/mol.